The van der Waals surface area contributed by atoms with Crippen LogP contribution >= 0.6 is 15.9 Å². The van der Waals surface area contributed by atoms with E-state index in [2.05, 4.69) is 30.8 Å². The Morgan fingerprint density at radius 3 is 2.48 bits per heavy atom. The molecular weight excluding hydrogens is 336 g/mol. The maximum atomic E-state index is 12.2. The number of aromatic nitrogens is 2. The van der Waals surface area contributed by atoms with Crippen LogP contribution in [0, 0.1) is 0 Å². The number of halogens is 1. The van der Waals surface area contributed by atoms with Gasteiger partial charge in [0.2, 0.25) is 5.95 Å². The van der Waals surface area contributed by atoms with Gasteiger partial charge in [0.15, 0.2) is 0 Å². The van der Waals surface area contributed by atoms with Crippen LogP contribution in [0.25, 0.3) is 0 Å². The highest BCUT2D eigenvalue weighted by Gasteiger charge is 2.47. The van der Waals surface area contributed by atoms with Crippen LogP contribution in [-0.2, 0) is 4.74 Å². The Labute approximate surface area is 132 Å². The van der Waals surface area contributed by atoms with Crippen molar-refractivity contribution in [2.45, 2.75) is 44.9 Å². The van der Waals surface area contributed by atoms with Gasteiger partial charge in [-0.1, -0.05) is 0 Å². The number of ether oxygens (including phenoxy) is 1. The van der Waals surface area contributed by atoms with Crippen molar-refractivity contribution in [2.24, 2.45) is 0 Å². The van der Waals surface area contributed by atoms with E-state index in [1.807, 2.05) is 25.7 Å². The van der Waals surface area contributed by atoms with Gasteiger partial charge in [-0.25, -0.2) is 14.8 Å². The maximum absolute atomic E-state index is 12.2. The molecule has 2 atom stereocenters. The summed E-state index contributed by atoms with van der Waals surface area (Å²) in [7, 11) is 0. The molecule has 0 radical (unpaired) electrons. The summed E-state index contributed by atoms with van der Waals surface area (Å²) in [6.07, 6.45) is 4.24. The second kappa shape index (κ2) is 5.12. The number of carbonyl (C=O) groups excluding carboxylic acids is 1. The SMILES string of the molecule is CC(C)(C)OC(=O)N1C[C@H]2C[C@H]1CN2c1ncc(Br)cn1. The summed E-state index contributed by atoms with van der Waals surface area (Å²) >= 11 is 3.34. The lowest BCUT2D eigenvalue weighted by atomic mass is 10.2. The van der Waals surface area contributed by atoms with Gasteiger partial charge in [0, 0.05) is 25.5 Å². The Morgan fingerprint density at radius 1 is 1.29 bits per heavy atom. The molecule has 114 valence electrons. The molecule has 2 bridgehead atoms. The highest BCUT2D eigenvalue weighted by Crippen LogP contribution is 2.33. The van der Waals surface area contributed by atoms with Crippen LogP contribution in [0.4, 0.5) is 10.7 Å². The first-order chi connectivity index (χ1) is 9.83. The molecule has 1 amide bonds. The van der Waals surface area contributed by atoms with E-state index in [9.17, 15) is 4.79 Å². The number of likely N-dealkylation sites (tertiary alicyclic amines) is 1. The number of piperazine rings is 1. The largest absolute Gasteiger partial charge is 0.444 e. The molecule has 3 rings (SSSR count). The van der Waals surface area contributed by atoms with Crippen LogP contribution in [0.3, 0.4) is 0 Å². The van der Waals surface area contributed by atoms with E-state index in [-0.39, 0.29) is 18.2 Å². The predicted octanol–water partition coefficient (Wildman–Crippen LogP) is 2.44. The third-order valence-corrected chi connectivity index (χ3v) is 4.14. The summed E-state index contributed by atoms with van der Waals surface area (Å²) in [6.45, 7) is 7.12. The third kappa shape index (κ3) is 2.97. The van der Waals surface area contributed by atoms with Gasteiger partial charge in [-0.3, -0.25) is 0 Å². The minimum absolute atomic E-state index is 0.192. The van der Waals surface area contributed by atoms with Gasteiger partial charge >= 0.3 is 6.09 Å². The van der Waals surface area contributed by atoms with E-state index in [0.29, 0.717) is 6.54 Å². The number of hydrogen-bond donors (Lipinski definition) is 0. The van der Waals surface area contributed by atoms with Crippen molar-refractivity contribution in [3.63, 3.8) is 0 Å². The topological polar surface area (TPSA) is 58.6 Å². The fourth-order valence-corrected chi connectivity index (χ4v) is 3.11. The zero-order valence-electron chi connectivity index (χ0n) is 12.4. The van der Waals surface area contributed by atoms with Crippen LogP contribution in [0.15, 0.2) is 16.9 Å². The summed E-state index contributed by atoms with van der Waals surface area (Å²) in [6, 6.07) is 0.473. The Hall–Kier alpha value is -1.37. The fourth-order valence-electron chi connectivity index (χ4n) is 2.91. The second-order valence-electron chi connectivity index (χ2n) is 6.53. The van der Waals surface area contributed by atoms with Gasteiger partial charge in [-0.15, -0.1) is 0 Å². The predicted molar refractivity (Wildman–Crippen MR) is 82.2 cm³/mol. The zero-order chi connectivity index (χ0) is 15.2. The minimum atomic E-state index is -0.451. The Balaban J connectivity index is 1.66. The Morgan fingerprint density at radius 2 is 1.95 bits per heavy atom. The van der Waals surface area contributed by atoms with E-state index in [4.69, 9.17) is 4.74 Å². The van der Waals surface area contributed by atoms with Gasteiger partial charge in [-0.2, -0.15) is 0 Å². The van der Waals surface area contributed by atoms with E-state index in [0.717, 1.165) is 23.4 Å². The van der Waals surface area contributed by atoms with E-state index >= 15 is 0 Å². The summed E-state index contributed by atoms with van der Waals surface area (Å²) in [5, 5.41) is 0. The lowest BCUT2D eigenvalue weighted by molar-refractivity contribution is 0.0214. The molecule has 2 aliphatic heterocycles. The van der Waals surface area contributed by atoms with Crippen molar-refractivity contribution < 1.29 is 9.53 Å². The van der Waals surface area contributed by atoms with Crippen LogP contribution in [-0.4, -0.2) is 51.7 Å². The minimum Gasteiger partial charge on any atom is -0.444 e. The zero-order valence-corrected chi connectivity index (χ0v) is 14.0. The first-order valence-corrected chi connectivity index (χ1v) is 7.86. The van der Waals surface area contributed by atoms with Crippen LogP contribution in [0.5, 0.6) is 0 Å². The fraction of sp³-hybridized carbons (Fsp3) is 0.643. The number of amides is 1. The van der Waals surface area contributed by atoms with Crippen molar-refractivity contribution in [1.29, 1.82) is 0 Å². The molecule has 21 heavy (non-hydrogen) atoms. The molecular formula is C14H19BrN4O2. The molecule has 0 aliphatic carbocycles. The quantitative estimate of drug-likeness (QED) is 0.775. The van der Waals surface area contributed by atoms with Gasteiger partial charge in [-0.05, 0) is 43.1 Å². The van der Waals surface area contributed by atoms with E-state index in [1.54, 1.807) is 12.4 Å². The molecule has 1 aromatic rings. The normalized spacial score (nSPS) is 24.6. The molecule has 2 aliphatic rings. The van der Waals surface area contributed by atoms with Crippen LogP contribution in [0.1, 0.15) is 27.2 Å². The van der Waals surface area contributed by atoms with Crippen molar-refractivity contribution in [3.8, 4) is 0 Å². The van der Waals surface area contributed by atoms with Gasteiger partial charge in [0.25, 0.3) is 0 Å². The lowest BCUT2D eigenvalue weighted by Gasteiger charge is -2.35. The van der Waals surface area contributed by atoms with E-state index < -0.39 is 5.60 Å². The Kier molecular flexibility index (Phi) is 3.55. The standard InChI is InChI=1S/C14H19BrN4O2/c1-14(2,3)21-13(20)19-8-10-4-11(19)7-18(10)12-16-5-9(15)6-17-12/h5-6,10-11H,4,7-8H2,1-3H3/t10-,11+/m1/s1. The highest BCUT2D eigenvalue weighted by molar-refractivity contribution is 9.10. The van der Waals surface area contributed by atoms with Crippen molar-refractivity contribution in [2.75, 3.05) is 18.0 Å². The summed E-state index contributed by atoms with van der Waals surface area (Å²) < 4.78 is 6.33. The second-order valence-corrected chi connectivity index (χ2v) is 7.45. The molecule has 0 spiro atoms. The van der Waals surface area contributed by atoms with Gasteiger partial charge in [0.05, 0.1) is 16.6 Å². The molecule has 6 nitrogen and oxygen atoms in total. The number of nitrogens with zero attached hydrogens (tertiary/aromatic N) is 4. The molecule has 7 heteroatoms. The van der Waals surface area contributed by atoms with Crippen LogP contribution in [0.2, 0.25) is 0 Å². The number of fused-ring (bicyclic) bond motifs is 2. The molecule has 0 N–H and O–H groups in total. The monoisotopic (exact) mass is 354 g/mol. The van der Waals surface area contributed by atoms with Crippen molar-refractivity contribution >= 4 is 28.0 Å². The molecule has 0 saturated carbocycles. The molecule has 0 unspecified atom stereocenters. The van der Waals surface area contributed by atoms with Crippen molar-refractivity contribution in [1.82, 2.24) is 14.9 Å². The summed E-state index contributed by atoms with van der Waals surface area (Å²) in [4.78, 5) is 24.9. The molecule has 2 saturated heterocycles. The molecule has 0 aromatic carbocycles. The number of carbonyl (C=O) groups is 1. The van der Waals surface area contributed by atoms with Crippen LogP contribution < -0.4 is 4.90 Å². The summed E-state index contributed by atoms with van der Waals surface area (Å²) in [5.41, 5.74) is -0.451. The van der Waals surface area contributed by atoms with Crippen molar-refractivity contribution in [3.05, 3.63) is 16.9 Å². The number of anilines is 1. The number of rotatable bonds is 1. The highest BCUT2D eigenvalue weighted by atomic mass is 79.9. The average Bonchev–Trinajstić information content (AvgIpc) is 2.97. The lowest BCUT2D eigenvalue weighted by Crippen LogP contribution is -2.50. The smallest absolute Gasteiger partial charge is 0.410 e. The molecule has 2 fully saturated rings. The third-order valence-electron chi connectivity index (χ3n) is 3.73. The first kappa shape index (κ1) is 14.6. The number of hydrogen-bond acceptors (Lipinski definition) is 5. The van der Waals surface area contributed by atoms with Gasteiger partial charge < -0.3 is 14.5 Å². The summed E-state index contributed by atoms with van der Waals surface area (Å²) in [5.74, 6) is 0.731. The molecule has 1 aromatic heterocycles. The first-order valence-electron chi connectivity index (χ1n) is 7.07. The average molecular weight is 355 g/mol. The maximum Gasteiger partial charge on any atom is 0.410 e. The Bertz CT molecular complexity index is 543. The van der Waals surface area contributed by atoms with E-state index in [1.165, 1.54) is 0 Å². The molecule has 3 heterocycles. The van der Waals surface area contributed by atoms with Gasteiger partial charge in [0.1, 0.15) is 5.60 Å².